The Hall–Kier alpha value is -0.700. The maximum atomic E-state index is 12.7. The lowest BCUT2D eigenvalue weighted by Gasteiger charge is -2.48. The molecule has 116 valence electrons. The van der Waals surface area contributed by atoms with Gasteiger partial charge in [-0.3, -0.25) is 4.39 Å². The van der Waals surface area contributed by atoms with Crippen LogP contribution in [0.4, 0.5) is 43.9 Å². The first-order valence-corrected chi connectivity index (χ1v) is 4.82. The molecule has 0 radical (unpaired) electrons. The monoisotopic (exact) mass is 308 g/mol. The molecule has 0 saturated heterocycles. The minimum absolute atomic E-state index is 0.270. The van der Waals surface area contributed by atoms with Crippen LogP contribution in [0, 0.1) is 10.8 Å². The summed E-state index contributed by atoms with van der Waals surface area (Å²) in [7, 11) is 0. The van der Waals surface area contributed by atoms with E-state index in [1.165, 1.54) is 0 Å². The molecule has 0 bridgehead atoms. The Balaban J connectivity index is 6.27. The lowest BCUT2D eigenvalue weighted by Crippen LogP contribution is -2.63. The van der Waals surface area contributed by atoms with E-state index in [1.807, 2.05) is 0 Å². The average Bonchev–Trinajstić information content (AvgIpc) is 2.11. The standard InChI is InChI=1S/C9H10F10/c1-5(3-4-10,7(11,12)13)6(2,8(14,15)16)9(17,18)19/h3-4H2,1-2H3. The van der Waals surface area contributed by atoms with Crippen LogP contribution in [-0.4, -0.2) is 25.2 Å². The fraction of sp³-hybridized carbons (Fsp3) is 1.00. The first-order valence-electron chi connectivity index (χ1n) is 4.82. The van der Waals surface area contributed by atoms with E-state index in [2.05, 4.69) is 0 Å². The van der Waals surface area contributed by atoms with Crippen LogP contribution < -0.4 is 0 Å². The molecule has 19 heavy (non-hydrogen) atoms. The zero-order valence-electron chi connectivity index (χ0n) is 9.69. The van der Waals surface area contributed by atoms with E-state index in [4.69, 9.17) is 0 Å². The molecule has 0 aliphatic carbocycles. The van der Waals surface area contributed by atoms with Gasteiger partial charge in [0.1, 0.15) is 0 Å². The molecule has 0 aliphatic heterocycles. The van der Waals surface area contributed by atoms with Gasteiger partial charge in [-0.15, -0.1) is 0 Å². The number of hydrogen-bond acceptors (Lipinski definition) is 0. The van der Waals surface area contributed by atoms with Crippen molar-refractivity contribution < 1.29 is 43.9 Å². The van der Waals surface area contributed by atoms with E-state index in [0.29, 0.717) is 0 Å². The Morgan fingerprint density at radius 2 is 0.947 bits per heavy atom. The van der Waals surface area contributed by atoms with Crippen LogP contribution in [0.3, 0.4) is 0 Å². The molecule has 0 heterocycles. The van der Waals surface area contributed by atoms with E-state index in [9.17, 15) is 43.9 Å². The lowest BCUT2D eigenvalue weighted by atomic mass is 9.62. The van der Waals surface area contributed by atoms with Crippen molar-refractivity contribution in [1.82, 2.24) is 0 Å². The van der Waals surface area contributed by atoms with Gasteiger partial charge in [-0.2, -0.15) is 39.5 Å². The van der Waals surface area contributed by atoms with Crippen LogP contribution in [0.5, 0.6) is 0 Å². The summed E-state index contributed by atoms with van der Waals surface area (Å²) in [4.78, 5) is 0. The Morgan fingerprint density at radius 3 is 1.11 bits per heavy atom. The van der Waals surface area contributed by atoms with Crippen molar-refractivity contribution in [2.24, 2.45) is 10.8 Å². The molecule has 0 N–H and O–H groups in total. The number of halogens is 10. The SMILES string of the molecule is CC(CCF)(C(F)(F)F)C(C)(C(F)(F)F)C(F)(F)F. The second kappa shape index (κ2) is 4.69. The van der Waals surface area contributed by atoms with E-state index in [1.54, 1.807) is 0 Å². The summed E-state index contributed by atoms with van der Waals surface area (Å²) in [5.74, 6) is 0. The largest absolute Gasteiger partial charge is 0.403 e. The van der Waals surface area contributed by atoms with Gasteiger partial charge in [-0.05, 0) is 20.3 Å². The minimum Gasteiger partial charge on any atom is -0.251 e. The molecule has 10 heteroatoms. The lowest BCUT2D eigenvalue weighted by molar-refractivity contribution is -0.412. The summed E-state index contributed by atoms with van der Waals surface area (Å²) < 4.78 is 126. The highest BCUT2D eigenvalue weighted by Gasteiger charge is 2.80. The van der Waals surface area contributed by atoms with Gasteiger partial charge in [-0.25, -0.2) is 0 Å². The van der Waals surface area contributed by atoms with Crippen LogP contribution in [0.15, 0.2) is 0 Å². The third-order valence-electron chi connectivity index (χ3n) is 3.46. The van der Waals surface area contributed by atoms with Crippen molar-refractivity contribution >= 4 is 0 Å². The van der Waals surface area contributed by atoms with Crippen molar-refractivity contribution in [1.29, 1.82) is 0 Å². The smallest absolute Gasteiger partial charge is 0.251 e. The quantitative estimate of drug-likeness (QED) is 0.640. The van der Waals surface area contributed by atoms with Crippen LogP contribution in [0.2, 0.25) is 0 Å². The van der Waals surface area contributed by atoms with Crippen molar-refractivity contribution in [2.75, 3.05) is 6.67 Å². The molecule has 0 aromatic heterocycles. The van der Waals surface area contributed by atoms with Crippen LogP contribution in [0.1, 0.15) is 20.3 Å². The van der Waals surface area contributed by atoms with Gasteiger partial charge >= 0.3 is 18.5 Å². The van der Waals surface area contributed by atoms with Crippen LogP contribution >= 0.6 is 0 Å². The molecular formula is C9H10F10. The number of hydrogen-bond donors (Lipinski definition) is 0. The summed E-state index contributed by atoms with van der Waals surface area (Å²) >= 11 is 0. The van der Waals surface area contributed by atoms with Gasteiger partial charge in [0, 0.05) is 0 Å². The molecule has 1 atom stereocenters. The summed E-state index contributed by atoms with van der Waals surface area (Å²) in [5.41, 5.74) is -9.41. The predicted octanol–water partition coefficient (Wildman–Crippen LogP) is 5.05. The summed E-state index contributed by atoms with van der Waals surface area (Å²) in [5, 5.41) is 0. The Morgan fingerprint density at radius 1 is 0.632 bits per heavy atom. The van der Waals surface area contributed by atoms with Gasteiger partial charge in [0.25, 0.3) is 0 Å². The zero-order chi connectivity index (χ0) is 15.9. The summed E-state index contributed by atoms with van der Waals surface area (Å²) in [6.45, 7) is -2.83. The van der Waals surface area contributed by atoms with Gasteiger partial charge in [0.2, 0.25) is 0 Å². The molecule has 0 spiro atoms. The Bertz CT molecular complexity index is 294. The molecule has 0 aliphatic rings. The van der Waals surface area contributed by atoms with Crippen LogP contribution in [-0.2, 0) is 0 Å². The summed E-state index contributed by atoms with van der Waals surface area (Å²) in [6.07, 6.45) is -20.3. The van der Waals surface area contributed by atoms with E-state index in [0.717, 1.165) is 0 Å². The van der Waals surface area contributed by atoms with Gasteiger partial charge in [-0.1, -0.05) is 0 Å². The Kier molecular flexibility index (Phi) is 4.52. The molecule has 1 unspecified atom stereocenters. The molecule has 0 fully saturated rings. The molecule has 0 aromatic rings. The molecule has 0 rings (SSSR count). The van der Waals surface area contributed by atoms with Crippen molar-refractivity contribution in [3.8, 4) is 0 Å². The van der Waals surface area contributed by atoms with Crippen molar-refractivity contribution in [3.05, 3.63) is 0 Å². The van der Waals surface area contributed by atoms with Crippen LogP contribution in [0.25, 0.3) is 0 Å². The molecular weight excluding hydrogens is 298 g/mol. The molecule has 0 nitrogen and oxygen atoms in total. The highest BCUT2D eigenvalue weighted by Crippen LogP contribution is 2.65. The van der Waals surface area contributed by atoms with E-state index >= 15 is 0 Å². The molecule has 0 amide bonds. The second-order valence-corrected chi connectivity index (χ2v) is 4.39. The number of alkyl halides is 10. The summed E-state index contributed by atoms with van der Waals surface area (Å²) in [6, 6.07) is 0. The minimum atomic E-state index is -6.23. The Labute approximate surface area is 101 Å². The van der Waals surface area contributed by atoms with E-state index in [-0.39, 0.29) is 6.92 Å². The first-order chi connectivity index (χ1) is 8.06. The van der Waals surface area contributed by atoms with Gasteiger partial charge in [0.15, 0.2) is 5.41 Å². The maximum absolute atomic E-state index is 12.7. The fourth-order valence-electron chi connectivity index (χ4n) is 1.65. The topological polar surface area (TPSA) is 0 Å². The van der Waals surface area contributed by atoms with E-state index < -0.39 is 49.4 Å². The molecule has 0 aromatic carbocycles. The third-order valence-corrected chi connectivity index (χ3v) is 3.46. The molecule has 0 saturated carbocycles. The highest BCUT2D eigenvalue weighted by molar-refractivity contribution is 5.05. The average molecular weight is 308 g/mol. The third kappa shape index (κ3) is 2.62. The van der Waals surface area contributed by atoms with Crippen molar-refractivity contribution in [3.63, 3.8) is 0 Å². The van der Waals surface area contributed by atoms with Gasteiger partial charge < -0.3 is 0 Å². The normalized spacial score (nSPS) is 18.3. The zero-order valence-corrected chi connectivity index (χ0v) is 9.69. The fourth-order valence-corrected chi connectivity index (χ4v) is 1.65. The maximum Gasteiger partial charge on any atom is 0.403 e. The first kappa shape index (κ1) is 18.3. The second-order valence-electron chi connectivity index (χ2n) is 4.39. The van der Waals surface area contributed by atoms with Gasteiger partial charge in [0.05, 0.1) is 12.1 Å². The number of rotatable bonds is 3. The van der Waals surface area contributed by atoms with Crippen molar-refractivity contribution in [2.45, 2.75) is 38.8 Å². The predicted molar refractivity (Wildman–Crippen MR) is 45.0 cm³/mol. The highest BCUT2D eigenvalue weighted by atomic mass is 19.4.